The Bertz CT molecular complexity index is 444. The summed E-state index contributed by atoms with van der Waals surface area (Å²) in [4.78, 5) is 26.3. The molecule has 0 aromatic carbocycles. The molecule has 23 heavy (non-hydrogen) atoms. The van der Waals surface area contributed by atoms with E-state index in [0.29, 0.717) is 30.3 Å². The van der Waals surface area contributed by atoms with E-state index >= 15 is 0 Å². The van der Waals surface area contributed by atoms with Gasteiger partial charge in [0.25, 0.3) is 0 Å². The fourth-order valence-electron chi connectivity index (χ4n) is 2.85. The zero-order valence-corrected chi connectivity index (χ0v) is 15.1. The van der Waals surface area contributed by atoms with Crippen LogP contribution in [0.2, 0.25) is 0 Å². The molecular formula is C17H31N3O3. The molecule has 2 amide bonds. The molecular weight excluding hydrogens is 294 g/mol. The van der Waals surface area contributed by atoms with Gasteiger partial charge in [-0.25, -0.2) is 9.59 Å². The van der Waals surface area contributed by atoms with Gasteiger partial charge in [-0.2, -0.15) is 0 Å². The first-order chi connectivity index (χ1) is 11.0. The summed E-state index contributed by atoms with van der Waals surface area (Å²) >= 11 is 0. The summed E-state index contributed by atoms with van der Waals surface area (Å²) in [6.07, 6.45) is 2.25. The van der Waals surface area contributed by atoms with Crippen LogP contribution in [0.25, 0.3) is 0 Å². The van der Waals surface area contributed by atoms with E-state index in [4.69, 9.17) is 4.74 Å². The van der Waals surface area contributed by atoms with E-state index in [1.54, 1.807) is 6.92 Å². The van der Waals surface area contributed by atoms with Gasteiger partial charge in [0.1, 0.15) is 0 Å². The van der Waals surface area contributed by atoms with Crippen molar-refractivity contribution in [3.8, 4) is 0 Å². The van der Waals surface area contributed by atoms with Crippen molar-refractivity contribution >= 4 is 12.0 Å². The smallest absolute Gasteiger partial charge is 0.337 e. The number of amides is 2. The zero-order valence-electron chi connectivity index (χ0n) is 15.1. The highest BCUT2D eigenvalue weighted by molar-refractivity contribution is 5.94. The Morgan fingerprint density at radius 1 is 1.26 bits per heavy atom. The Hall–Kier alpha value is -1.56. The molecule has 6 nitrogen and oxygen atoms in total. The topological polar surface area (TPSA) is 70.7 Å². The number of hydrogen-bond acceptors (Lipinski definition) is 4. The van der Waals surface area contributed by atoms with Gasteiger partial charge in [-0.3, -0.25) is 4.90 Å². The Morgan fingerprint density at radius 2 is 1.91 bits per heavy atom. The van der Waals surface area contributed by atoms with Crippen LogP contribution in [0.3, 0.4) is 0 Å². The molecule has 1 heterocycles. The fourth-order valence-corrected chi connectivity index (χ4v) is 2.85. The summed E-state index contributed by atoms with van der Waals surface area (Å²) in [5, 5.41) is 5.52. The molecule has 0 spiro atoms. The van der Waals surface area contributed by atoms with Crippen LogP contribution in [0.4, 0.5) is 4.79 Å². The van der Waals surface area contributed by atoms with Crippen molar-refractivity contribution in [1.82, 2.24) is 15.5 Å². The van der Waals surface area contributed by atoms with Gasteiger partial charge in [0.2, 0.25) is 0 Å². The van der Waals surface area contributed by atoms with E-state index in [1.807, 2.05) is 6.92 Å². The summed E-state index contributed by atoms with van der Waals surface area (Å²) in [6, 6.07) is -0.608. The van der Waals surface area contributed by atoms with Crippen molar-refractivity contribution in [2.75, 3.05) is 26.2 Å². The minimum absolute atomic E-state index is 0.265. The van der Waals surface area contributed by atoms with Crippen molar-refractivity contribution in [3.63, 3.8) is 0 Å². The quantitative estimate of drug-likeness (QED) is 0.638. The molecule has 0 aliphatic carbocycles. The monoisotopic (exact) mass is 325 g/mol. The average Bonchev–Trinajstić information content (AvgIpc) is 2.50. The lowest BCUT2D eigenvalue weighted by Crippen LogP contribution is -2.51. The predicted molar refractivity (Wildman–Crippen MR) is 91.0 cm³/mol. The number of rotatable bonds is 9. The van der Waals surface area contributed by atoms with Gasteiger partial charge < -0.3 is 15.4 Å². The summed E-state index contributed by atoms with van der Waals surface area (Å²) in [7, 11) is 0. The highest BCUT2D eigenvalue weighted by Gasteiger charge is 2.30. The largest absolute Gasteiger partial charge is 0.463 e. The van der Waals surface area contributed by atoms with E-state index in [0.717, 1.165) is 25.9 Å². The van der Waals surface area contributed by atoms with E-state index < -0.39 is 0 Å². The van der Waals surface area contributed by atoms with Gasteiger partial charge >= 0.3 is 12.0 Å². The minimum Gasteiger partial charge on any atom is -0.463 e. The molecule has 1 atom stereocenters. The Kier molecular flexibility index (Phi) is 8.09. The third kappa shape index (κ3) is 5.53. The van der Waals surface area contributed by atoms with Crippen LogP contribution in [0.5, 0.6) is 0 Å². The van der Waals surface area contributed by atoms with Crippen LogP contribution < -0.4 is 10.6 Å². The van der Waals surface area contributed by atoms with Gasteiger partial charge in [-0.05, 0) is 26.3 Å². The van der Waals surface area contributed by atoms with Crippen molar-refractivity contribution in [3.05, 3.63) is 11.3 Å². The standard InChI is InChI=1S/C17H31N3O3/c1-6-13(7-2)10-20(8-3)11-14-15(16(21)23-9-4)12(5)18-17(22)19-14/h12-13H,6-11H2,1-5H3,(H2,18,19,22). The molecule has 0 radical (unpaired) electrons. The molecule has 0 fully saturated rings. The third-order valence-electron chi connectivity index (χ3n) is 4.37. The maximum atomic E-state index is 12.2. The number of esters is 1. The maximum Gasteiger partial charge on any atom is 0.337 e. The van der Waals surface area contributed by atoms with Crippen molar-refractivity contribution < 1.29 is 14.3 Å². The number of likely N-dealkylation sites (N-methyl/N-ethyl adjacent to an activating group) is 1. The molecule has 6 heteroatoms. The number of urea groups is 1. The summed E-state index contributed by atoms with van der Waals surface area (Å²) < 4.78 is 5.15. The first-order valence-electron chi connectivity index (χ1n) is 8.66. The Morgan fingerprint density at radius 3 is 2.43 bits per heavy atom. The molecule has 0 saturated heterocycles. The SMILES string of the molecule is CCOC(=O)C1=C(CN(CC)CC(CC)CC)NC(=O)NC1C. The summed E-state index contributed by atoms with van der Waals surface area (Å²) in [5.74, 6) is 0.262. The third-order valence-corrected chi connectivity index (χ3v) is 4.37. The maximum absolute atomic E-state index is 12.2. The number of nitrogens with zero attached hydrogens (tertiary/aromatic N) is 1. The normalized spacial score (nSPS) is 18.2. The minimum atomic E-state index is -0.360. The second-order valence-electron chi connectivity index (χ2n) is 5.94. The van der Waals surface area contributed by atoms with E-state index in [-0.39, 0.29) is 18.0 Å². The Balaban J connectivity index is 2.97. The molecule has 0 aromatic heterocycles. The van der Waals surface area contributed by atoms with Crippen LogP contribution in [-0.4, -0.2) is 49.2 Å². The number of carbonyl (C=O) groups excluding carboxylic acids is 2. The molecule has 132 valence electrons. The lowest BCUT2D eigenvalue weighted by atomic mass is 10.0. The molecule has 0 saturated carbocycles. The van der Waals surface area contributed by atoms with Gasteiger partial charge in [0.15, 0.2) is 0 Å². The first-order valence-corrected chi connectivity index (χ1v) is 8.66. The van der Waals surface area contributed by atoms with Crippen molar-refractivity contribution in [2.24, 2.45) is 5.92 Å². The molecule has 0 aromatic rings. The first kappa shape index (κ1) is 19.5. The average molecular weight is 325 g/mol. The summed E-state index contributed by atoms with van der Waals surface area (Å²) in [5.41, 5.74) is 1.18. The number of hydrogen-bond donors (Lipinski definition) is 2. The predicted octanol–water partition coefficient (Wildman–Crippen LogP) is 2.26. The number of nitrogens with one attached hydrogen (secondary N) is 2. The van der Waals surface area contributed by atoms with Gasteiger partial charge in [0, 0.05) is 18.8 Å². The lowest BCUT2D eigenvalue weighted by molar-refractivity contribution is -0.139. The van der Waals surface area contributed by atoms with E-state index in [9.17, 15) is 9.59 Å². The number of carbonyl (C=O) groups is 2. The Labute approximate surface area is 139 Å². The molecule has 2 N–H and O–H groups in total. The van der Waals surface area contributed by atoms with Crippen LogP contribution >= 0.6 is 0 Å². The van der Waals surface area contributed by atoms with Gasteiger partial charge in [0.05, 0.1) is 18.2 Å². The van der Waals surface area contributed by atoms with Gasteiger partial charge in [-0.15, -0.1) is 0 Å². The van der Waals surface area contributed by atoms with Crippen LogP contribution in [0.15, 0.2) is 11.3 Å². The highest BCUT2D eigenvalue weighted by atomic mass is 16.5. The lowest BCUT2D eigenvalue weighted by Gasteiger charge is -2.31. The molecule has 0 bridgehead atoms. The van der Waals surface area contributed by atoms with E-state index in [1.165, 1.54) is 0 Å². The second kappa shape index (κ2) is 9.55. The van der Waals surface area contributed by atoms with Crippen LogP contribution in [0, 0.1) is 5.92 Å². The number of ether oxygens (including phenoxy) is 1. The molecule has 1 aliphatic heterocycles. The van der Waals surface area contributed by atoms with Crippen molar-refractivity contribution in [1.29, 1.82) is 0 Å². The highest BCUT2D eigenvalue weighted by Crippen LogP contribution is 2.17. The van der Waals surface area contributed by atoms with E-state index in [2.05, 4.69) is 36.3 Å². The summed E-state index contributed by atoms with van der Waals surface area (Å²) in [6.45, 7) is 12.8. The van der Waals surface area contributed by atoms with Crippen molar-refractivity contribution in [2.45, 2.75) is 53.5 Å². The van der Waals surface area contributed by atoms with Crippen LogP contribution in [-0.2, 0) is 9.53 Å². The fraction of sp³-hybridized carbons (Fsp3) is 0.765. The van der Waals surface area contributed by atoms with Crippen LogP contribution in [0.1, 0.15) is 47.5 Å². The molecule has 1 unspecified atom stereocenters. The zero-order chi connectivity index (χ0) is 17.4. The molecule has 1 rings (SSSR count). The van der Waals surface area contributed by atoms with Gasteiger partial charge in [-0.1, -0.05) is 33.6 Å². The second-order valence-corrected chi connectivity index (χ2v) is 5.94. The molecule has 1 aliphatic rings.